The lowest BCUT2D eigenvalue weighted by Gasteiger charge is -2.49. The zero-order chi connectivity index (χ0) is 16.6. The van der Waals surface area contributed by atoms with Crippen molar-refractivity contribution in [3.05, 3.63) is 11.3 Å². The topological polar surface area (TPSA) is 134 Å². The fraction of sp³-hybridized carbons (Fsp3) is 0.500. The molecule has 0 aromatic carbocycles. The summed E-state index contributed by atoms with van der Waals surface area (Å²) in [6.45, 7) is 1.64. The second-order valence-corrected chi connectivity index (χ2v) is 7.41. The van der Waals surface area contributed by atoms with Gasteiger partial charge in [-0.15, -0.1) is 11.8 Å². The number of thioether (sulfide) groups is 1. The van der Waals surface area contributed by atoms with E-state index in [2.05, 4.69) is 5.32 Å². The lowest BCUT2D eigenvalue weighted by atomic mass is 10.0. The Labute approximate surface area is 133 Å². The molecule has 2 aliphatic heterocycles. The number of nitrogens with zero attached hydrogens (tertiary/aromatic N) is 2. The first-order chi connectivity index (χ1) is 10.3. The van der Waals surface area contributed by atoms with E-state index in [1.807, 2.05) is 0 Å². The van der Waals surface area contributed by atoms with E-state index in [9.17, 15) is 24.0 Å². The Morgan fingerprint density at radius 2 is 2.27 bits per heavy atom. The first kappa shape index (κ1) is 16.7. The lowest BCUT2D eigenvalue weighted by molar-refractivity contribution is -0.150. The molecule has 2 aliphatic rings. The molecule has 0 saturated carbocycles. The Morgan fingerprint density at radius 3 is 2.77 bits per heavy atom. The number of amides is 2. The van der Waals surface area contributed by atoms with Crippen LogP contribution in [-0.2, 0) is 25.6 Å². The van der Waals surface area contributed by atoms with Crippen LogP contribution in [0.1, 0.15) is 6.92 Å². The van der Waals surface area contributed by atoms with Crippen molar-refractivity contribution < 1.29 is 24.0 Å². The fourth-order valence-electron chi connectivity index (χ4n) is 2.29. The highest BCUT2D eigenvalue weighted by molar-refractivity contribution is 8.00. The van der Waals surface area contributed by atoms with Crippen LogP contribution in [-0.4, -0.2) is 61.0 Å². The van der Waals surface area contributed by atoms with Crippen LogP contribution in [0.15, 0.2) is 11.3 Å². The van der Waals surface area contributed by atoms with Crippen molar-refractivity contribution >= 4 is 40.7 Å². The van der Waals surface area contributed by atoms with Crippen molar-refractivity contribution in [1.82, 2.24) is 10.2 Å². The van der Waals surface area contributed by atoms with E-state index in [-0.39, 0.29) is 5.70 Å². The zero-order valence-electron chi connectivity index (χ0n) is 11.7. The molecule has 2 amide bonds. The highest BCUT2D eigenvalue weighted by atomic mass is 32.2. The number of rotatable bonds is 4. The average molecular weight is 343 g/mol. The number of carboxylic acids is 1. The molecule has 10 heteroatoms. The van der Waals surface area contributed by atoms with Crippen LogP contribution in [0.25, 0.3) is 0 Å². The lowest BCUT2D eigenvalue weighted by Crippen LogP contribution is -2.71. The predicted octanol–water partition coefficient (Wildman–Crippen LogP) is -0.984. The van der Waals surface area contributed by atoms with E-state index in [4.69, 9.17) is 5.26 Å². The fourth-order valence-corrected chi connectivity index (χ4v) is 4.10. The van der Waals surface area contributed by atoms with Gasteiger partial charge < -0.3 is 15.0 Å². The summed E-state index contributed by atoms with van der Waals surface area (Å²) in [4.78, 5) is 36.4. The molecule has 22 heavy (non-hydrogen) atoms. The smallest absolute Gasteiger partial charge is 0.352 e. The van der Waals surface area contributed by atoms with E-state index in [1.54, 1.807) is 13.0 Å². The van der Waals surface area contributed by atoms with Crippen LogP contribution >= 0.6 is 11.8 Å². The number of fused-ring (bicyclic) bond motifs is 1. The number of nitrogens with one attached hydrogen (secondary N) is 1. The van der Waals surface area contributed by atoms with Crippen molar-refractivity contribution in [2.45, 2.75) is 23.6 Å². The number of hydrogen-bond acceptors (Lipinski definition) is 6. The zero-order valence-corrected chi connectivity index (χ0v) is 13.4. The van der Waals surface area contributed by atoms with Crippen LogP contribution in [0.2, 0.25) is 0 Å². The molecule has 118 valence electrons. The Balaban J connectivity index is 2.13. The van der Waals surface area contributed by atoms with Gasteiger partial charge in [0, 0.05) is 5.75 Å². The molecule has 0 bridgehead atoms. The molecule has 2 rings (SSSR count). The first-order valence-electron chi connectivity index (χ1n) is 6.19. The van der Waals surface area contributed by atoms with Gasteiger partial charge in [-0.3, -0.25) is 14.5 Å². The van der Waals surface area contributed by atoms with Crippen molar-refractivity contribution in [3.8, 4) is 6.07 Å². The van der Waals surface area contributed by atoms with Gasteiger partial charge in [0.25, 0.3) is 17.1 Å². The second kappa shape index (κ2) is 6.20. The molecule has 3 unspecified atom stereocenters. The van der Waals surface area contributed by atoms with Gasteiger partial charge in [0.2, 0.25) is 0 Å². The van der Waals surface area contributed by atoms with Gasteiger partial charge in [-0.2, -0.15) is 5.26 Å². The monoisotopic (exact) mass is 343 g/mol. The van der Waals surface area contributed by atoms with Crippen LogP contribution in [0.3, 0.4) is 0 Å². The summed E-state index contributed by atoms with van der Waals surface area (Å²) in [5.41, 5.74) is 0.520. The highest BCUT2D eigenvalue weighted by Crippen LogP contribution is 2.40. The van der Waals surface area contributed by atoms with Gasteiger partial charge in [-0.05, 0) is 23.7 Å². The number of carbonyl (C=O) groups excluding carboxylic acids is 2. The third-order valence-corrected chi connectivity index (χ3v) is 5.75. The van der Waals surface area contributed by atoms with Gasteiger partial charge >= 0.3 is 5.97 Å². The van der Waals surface area contributed by atoms with Gasteiger partial charge in [-0.1, -0.05) is 0 Å². The minimum atomic E-state index is -1.68. The molecule has 1 saturated heterocycles. The maximum absolute atomic E-state index is 12.1. The minimum absolute atomic E-state index is 0.0600. The third-order valence-electron chi connectivity index (χ3n) is 3.35. The van der Waals surface area contributed by atoms with Crippen LogP contribution < -0.4 is 5.32 Å². The molecule has 8 nitrogen and oxygen atoms in total. The molecule has 1 fully saturated rings. The summed E-state index contributed by atoms with van der Waals surface area (Å²) in [6.07, 6.45) is 1.23. The molecular formula is C12H13N3O5S2. The summed E-state index contributed by atoms with van der Waals surface area (Å²) in [7, 11) is 0. The normalized spacial score (nSPS) is 26.5. The van der Waals surface area contributed by atoms with E-state index in [0.717, 1.165) is 4.90 Å². The van der Waals surface area contributed by atoms with Crippen LogP contribution in [0, 0.1) is 11.3 Å². The Kier molecular flexibility index (Phi) is 4.69. The molecule has 0 radical (unpaired) electrons. The van der Waals surface area contributed by atoms with Gasteiger partial charge in [-0.25, -0.2) is 4.79 Å². The molecule has 0 spiro atoms. The largest absolute Gasteiger partial charge is 0.615 e. The standard InChI is InChI=1S/C12H13N3O5S2/c1-5-4-21-11-7(10(17)15(11)8(5)12(18)19)14-9(16)6(3-13)22(2)20/h6-7,11H,4H2,1-2H3,(H,14,16)(H,18,19)/t6?,7?,11-,22?/m0/s1. The van der Waals surface area contributed by atoms with Crippen LogP contribution in [0.4, 0.5) is 0 Å². The summed E-state index contributed by atoms with van der Waals surface area (Å²) >= 11 is -0.343. The average Bonchev–Trinajstić information content (AvgIpc) is 2.44. The predicted molar refractivity (Wildman–Crippen MR) is 78.8 cm³/mol. The Morgan fingerprint density at radius 1 is 1.64 bits per heavy atom. The molecule has 4 atom stereocenters. The third kappa shape index (κ3) is 2.67. The van der Waals surface area contributed by atoms with E-state index < -0.39 is 45.6 Å². The summed E-state index contributed by atoms with van der Waals surface area (Å²) in [6, 6.07) is 0.725. The Bertz CT molecular complexity index is 612. The quantitative estimate of drug-likeness (QED) is 0.495. The summed E-state index contributed by atoms with van der Waals surface area (Å²) < 4.78 is 11.3. The summed E-state index contributed by atoms with van der Waals surface area (Å²) in [5.74, 6) is -2.08. The van der Waals surface area contributed by atoms with Gasteiger partial charge in [0.05, 0.1) is 6.26 Å². The number of carbonyl (C=O) groups is 3. The van der Waals surface area contributed by atoms with Crippen molar-refractivity contribution in [3.63, 3.8) is 0 Å². The van der Waals surface area contributed by atoms with E-state index in [0.29, 0.717) is 11.3 Å². The summed E-state index contributed by atoms with van der Waals surface area (Å²) in [5, 5.41) is 18.5. The Hall–Kier alpha value is -1.70. The van der Waals surface area contributed by atoms with Crippen molar-refractivity contribution in [1.29, 1.82) is 5.26 Å². The number of β-lactam (4-membered cyclic amide) rings is 1. The highest BCUT2D eigenvalue weighted by Gasteiger charge is 2.54. The number of hydrogen-bond donors (Lipinski definition) is 2. The SMILES string of the molecule is CC1=C(C(=O)O)N2C(=O)C(NC(=O)C(C#N)[S+](C)[O-])[C@@H]2SC1. The number of nitriles is 1. The minimum Gasteiger partial charge on any atom is -0.615 e. The van der Waals surface area contributed by atoms with Crippen molar-refractivity contribution in [2.24, 2.45) is 0 Å². The molecule has 0 aromatic rings. The second-order valence-electron chi connectivity index (χ2n) is 4.84. The first-order valence-corrected chi connectivity index (χ1v) is 8.86. The molecule has 2 N–H and O–H groups in total. The molecular weight excluding hydrogens is 330 g/mol. The number of carboxylic acid groups (broad SMARTS) is 1. The number of aliphatic carboxylic acids is 1. The van der Waals surface area contributed by atoms with E-state index >= 15 is 0 Å². The molecule has 0 aliphatic carbocycles. The molecule has 2 heterocycles. The van der Waals surface area contributed by atoms with Crippen LogP contribution in [0.5, 0.6) is 0 Å². The van der Waals surface area contributed by atoms with E-state index in [1.165, 1.54) is 18.0 Å². The van der Waals surface area contributed by atoms with Gasteiger partial charge in [0.15, 0.2) is 0 Å². The maximum atomic E-state index is 12.1. The maximum Gasteiger partial charge on any atom is 0.352 e. The molecule has 0 aromatic heterocycles. The van der Waals surface area contributed by atoms with Gasteiger partial charge in [0.1, 0.15) is 23.2 Å². The van der Waals surface area contributed by atoms with Crippen molar-refractivity contribution in [2.75, 3.05) is 12.0 Å².